The van der Waals surface area contributed by atoms with Crippen LogP contribution in [0.3, 0.4) is 0 Å². The lowest BCUT2D eigenvalue weighted by molar-refractivity contribution is -0.122. The molecular weight excluding hydrogens is 314 g/mol. The zero-order chi connectivity index (χ0) is 16.5. The number of carbonyl (C=O) groups excluding carboxylic acids is 1. The normalized spacial score (nSPS) is 16.3. The van der Waals surface area contributed by atoms with Crippen molar-refractivity contribution in [3.05, 3.63) is 29.3 Å². The molecule has 0 atom stereocenters. The van der Waals surface area contributed by atoms with E-state index in [1.807, 2.05) is 24.3 Å². The van der Waals surface area contributed by atoms with Gasteiger partial charge in [-0.2, -0.15) is 0 Å². The van der Waals surface area contributed by atoms with Gasteiger partial charge in [-0.25, -0.2) is 0 Å². The molecule has 0 saturated carbocycles. The summed E-state index contributed by atoms with van der Waals surface area (Å²) in [6.07, 6.45) is 0.979. The summed E-state index contributed by atoms with van der Waals surface area (Å²) in [6.45, 7) is 8.72. The molecule has 0 bridgehead atoms. The number of halogens is 1. The molecule has 1 N–H and O–H groups in total. The lowest BCUT2D eigenvalue weighted by atomic mass is 10.3. The highest BCUT2D eigenvalue weighted by Crippen LogP contribution is 2.15. The Kier molecular flexibility index (Phi) is 7.65. The van der Waals surface area contributed by atoms with E-state index in [2.05, 4.69) is 22.0 Å². The van der Waals surface area contributed by atoms with Crippen LogP contribution in [0, 0.1) is 0 Å². The summed E-state index contributed by atoms with van der Waals surface area (Å²) < 4.78 is 5.72. The van der Waals surface area contributed by atoms with Gasteiger partial charge in [0, 0.05) is 44.3 Å². The van der Waals surface area contributed by atoms with Gasteiger partial charge in [0.1, 0.15) is 12.4 Å². The fraction of sp³-hybridized carbons (Fsp3) is 0.588. The van der Waals surface area contributed by atoms with E-state index in [4.69, 9.17) is 16.3 Å². The molecule has 1 aliphatic heterocycles. The summed E-state index contributed by atoms with van der Waals surface area (Å²) in [5.41, 5.74) is 0. The summed E-state index contributed by atoms with van der Waals surface area (Å²) in [5, 5.41) is 3.64. The van der Waals surface area contributed by atoms with Crippen molar-refractivity contribution < 1.29 is 9.53 Å². The number of nitrogens with one attached hydrogen (secondary N) is 1. The average Bonchev–Trinajstić information content (AvgIpc) is 2.56. The Morgan fingerprint density at radius 3 is 2.48 bits per heavy atom. The Hall–Kier alpha value is -1.30. The van der Waals surface area contributed by atoms with Gasteiger partial charge in [0.2, 0.25) is 5.91 Å². The van der Waals surface area contributed by atoms with Crippen LogP contribution in [0.15, 0.2) is 24.3 Å². The number of rotatable bonds is 8. The Morgan fingerprint density at radius 2 is 1.83 bits per heavy atom. The van der Waals surface area contributed by atoms with Crippen LogP contribution in [0.2, 0.25) is 5.02 Å². The maximum atomic E-state index is 11.7. The van der Waals surface area contributed by atoms with Gasteiger partial charge in [-0.1, -0.05) is 18.5 Å². The first-order valence-electron chi connectivity index (χ1n) is 8.27. The van der Waals surface area contributed by atoms with Gasteiger partial charge in [0.05, 0.1) is 6.54 Å². The van der Waals surface area contributed by atoms with Crippen LogP contribution in [0.4, 0.5) is 0 Å². The molecule has 0 aliphatic carbocycles. The van der Waals surface area contributed by atoms with Gasteiger partial charge in [-0.15, -0.1) is 0 Å². The van der Waals surface area contributed by atoms with Gasteiger partial charge < -0.3 is 10.1 Å². The van der Waals surface area contributed by atoms with Gasteiger partial charge in [-0.3, -0.25) is 14.6 Å². The van der Waals surface area contributed by atoms with Gasteiger partial charge in [-0.05, 0) is 30.7 Å². The van der Waals surface area contributed by atoms with Crippen LogP contribution >= 0.6 is 11.6 Å². The maximum absolute atomic E-state index is 11.7. The highest BCUT2D eigenvalue weighted by atomic mass is 35.5. The van der Waals surface area contributed by atoms with E-state index in [1.165, 1.54) is 0 Å². The molecular formula is C17H26ClN3O2. The van der Waals surface area contributed by atoms with Crippen LogP contribution in [-0.2, 0) is 4.79 Å². The van der Waals surface area contributed by atoms with Crippen molar-refractivity contribution in [3.63, 3.8) is 0 Å². The third-order valence-corrected chi connectivity index (χ3v) is 4.15. The number of hydrogen-bond acceptors (Lipinski definition) is 4. The number of benzene rings is 1. The molecule has 0 unspecified atom stereocenters. The minimum Gasteiger partial charge on any atom is -0.492 e. The maximum Gasteiger partial charge on any atom is 0.234 e. The van der Waals surface area contributed by atoms with E-state index in [0.29, 0.717) is 13.2 Å². The first kappa shape index (κ1) is 18.0. The minimum atomic E-state index is 0.131. The molecule has 0 radical (unpaired) electrons. The van der Waals surface area contributed by atoms with E-state index in [-0.39, 0.29) is 5.91 Å². The molecule has 1 heterocycles. The number of nitrogens with zero attached hydrogens (tertiary/aromatic N) is 2. The molecule has 1 saturated heterocycles. The van der Waals surface area contributed by atoms with E-state index in [0.717, 1.165) is 56.5 Å². The van der Waals surface area contributed by atoms with Gasteiger partial charge >= 0.3 is 0 Å². The second kappa shape index (κ2) is 9.75. The van der Waals surface area contributed by atoms with Crippen LogP contribution in [0.25, 0.3) is 0 Å². The molecule has 1 aromatic carbocycles. The van der Waals surface area contributed by atoms with Crippen LogP contribution in [-0.4, -0.2) is 68.1 Å². The third kappa shape index (κ3) is 6.77. The van der Waals surface area contributed by atoms with Crippen LogP contribution < -0.4 is 10.1 Å². The van der Waals surface area contributed by atoms with Crippen molar-refractivity contribution in [1.29, 1.82) is 0 Å². The monoisotopic (exact) mass is 339 g/mol. The zero-order valence-corrected chi connectivity index (χ0v) is 14.5. The largest absolute Gasteiger partial charge is 0.492 e. The minimum absolute atomic E-state index is 0.131. The van der Waals surface area contributed by atoms with Crippen molar-refractivity contribution in [2.45, 2.75) is 13.3 Å². The Morgan fingerprint density at radius 1 is 1.17 bits per heavy atom. The topological polar surface area (TPSA) is 44.8 Å². The van der Waals surface area contributed by atoms with Crippen molar-refractivity contribution in [2.75, 3.05) is 52.4 Å². The molecule has 1 aliphatic rings. The number of hydrogen-bond donors (Lipinski definition) is 1. The fourth-order valence-electron chi connectivity index (χ4n) is 2.52. The fourth-order valence-corrected chi connectivity index (χ4v) is 2.64. The van der Waals surface area contributed by atoms with E-state index >= 15 is 0 Å². The second-order valence-corrected chi connectivity index (χ2v) is 6.21. The van der Waals surface area contributed by atoms with Crippen molar-refractivity contribution in [2.24, 2.45) is 0 Å². The van der Waals surface area contributed by atoms with Crippen molar-refractivity contribution >= 4 is 17.5 Å². The third-order valence-electron chi connectivity index (χ3n) is 3.89. The molecule has 128 valence electrons. The molecule has 1 fully saturated rings. The Balaban J connectivity index is 1.59. The summed E-state index contributed by atoms with van der Waals surface area (Å²) >= 11 is 5.85. The Bertz CT molecular complexity index is 473. The Labute approximate surface area is 143 Å². The van der Waals surface area contributed by atoms with Crippen molar-refractivity contribution in [3.8, 4) is 5.75 Å². The highest BCUT2D eigenvalue weighted by molar-refractivity contribution is 6.30. The van der Waals surface area contributed by atoms with E-state index in [1.54, 1.807) is 0 Å². The van der Waals surface area contributed by atoms with Gasteiger partial charge in [0.25, 0.3) is 0 Å². The number of carbonyl (C=O) groups is 1. The predicted octanol–water partition coefficient (Wildman–Crippen LogP) is 1.86. The number of amides is 1. The van der Waals surface area contributed by atoms with E-state index in [9.17, 15) is 4.79 Å². The lowest BCUT2D eigenvalue weighted by Gasteiger charge is -2.34. The van der Waals surface area contributed by atoms with Gasteiger partial charge in [0.15, 0.2) is 0 Å². The first-order chi connectivity index (χ1) is 11.2. The molecule has 1 aromatic rings. The molecule has 5 nitrogen and oxygen atoms in total. The van der Waals surface area contributed by atoms with E-state index < -0.39 is 0 Å². The highest BCUT2D eigenvalue weighted by Gasteiger charge is 2.18. The second-order valence-electron chi connectivity index (χ2n) is 5.77. The lowest BCUT2D eigenvalue weighted by Crippen LogP contribution is -2.50. The van der Waals surface area contributed by atoms with Crippen molar-refractivity contribution in [1.82, 2.24) is 15.1 Å². The quantitative estimate of drug-likeness (QED) is 0.785. The summed E-state index contributed by atoms with van der Waals surface area (Å²) in [4.78, 5) is 16.3. The number of piperazine rings is 1. The molecule has 0 spiro atoms. The standard InChI is InChI=1S/C17H26ClN3O2/c1-2-7-19-17(22)14-21-10-8-20(9-11-21)12-13-23-16-5-3-15(18)4-6-16/h3-6H,2,7-14H2,1H3,(H,19,22). The summed E-state index contributed by atoms with van der Waals surface area (Å²) in [7, 11) is 0. The first-order valence-corrected chi connectivity index (χ1v) is 8.65. The average molecular weight is 340 g/mol. The molecule has 0 aromatic heterocycles. The smallest absolute Gasteiger partial charge is 0.234 e. The number of ether oxygens (including phenoxy) is 1. The molecule has 6 heteroatoms. The molecule has 23 heavy (non-hydrogen) atoms. The molecule has 2 rings (SSSR count). The van der Waals surface area contributed by atoms with Crippen LogP contribution in [0.1, 0.15) is 13.3 Å². The zero-order valence-electron chi connectivity index (χ0n) is 13.8. The summed E-state index contributed by atoms with van der Waals surface area (Å²) in [5.74, 6) is 0.979. The predicted molar refractivity (Wildman–Crippen MR) is 93.1 cm³/mol. The SMILES string of the molecule is CCCNC(=O)CN1CCN(CCOc2ccc(Cl)cc2)CC1. The molecule has 1 amide bonds. The summed E-state index contributed by atoms with van der Waals surface area (Å²) in [6, 6.07) is 7.43. The van der Waals surface area contributed by atoms with Crippen LogP contribution in [0.5, 0.6) is 5.75 Å².